The highest BCUT2D eigenvalue weighted by molar-refractivity contribution is 6.06. The molecule has 3 heterocycles. The summed E-state index contributed by atoms with van der Waals surface area (Å²) in [6.07, 6.45) is 10.9. The monoisotopic (exact) mass is 449 g/mol. The fourth-order valence-corrected chi connectivity index (χ4v) is 4.02. The number of carbonyl (C=O) groups excluding carboxylic acids is 1. The Hall–Kier alpha value is -2.87. The van der Waals surface area contributed by atoms with Crippen molar-refractivity contribution in [2.75, 3.05) is 13.2 Å². The number of hydrogen-bond acceptors (Lipinski definition) is 6. The van der Waals surface area contributed by atoms with Gasteiger partial charge < -0.3 is 9.84 Å². The van der Waals surface area contributed by atoms with Crippen LogP contribution in [0.4, 0.5) is 0 Å². The lowest BCUT2D eigenvalue weighted by Crippen LogP contribution is -2.33. The Morgan fingerprint density at radius 3 is 2.76 bits per heavy atom. The number of rotatable bonds is 10. The van der Waals surface area contributed by atoms with Crippen LogP contribution in [0, 0.1) is 0 Å². The van der Waals surface area contributed by atoms with E-state index in [1.165, 1.54) is 5.56 Å². The number of pyridine rings is 2. The third-order valence-corrected chi connectivity index (χ3v) is 5.90. The smallest absolute Gasteiger partial charge is 0.275 e. The minimum Gasteiger partial charge on any atom is -0.396 e. The van der Waals surface area contributed by atoms with Crippen LogP contribution in [-0.4, -0.2) is 40.5 Å². The summed E-state index contributed by atoms with van der Waals surface area (Å²) in [6, 6.07) is 11.9. The Balaban J connectivity index is 1.49. The van der Waals surface area contributed by atoms with Crippen molar-refractivity contribution in [1.82, 2.24) is 15.4 Å². The zero-order valence-corrected chi connectivity index (χ0v) is 18.8. The third-order valence-electron chi connectivity index (χ3n) is 5.90. The van der Waals surface area contributed by atoms with E-state index in [2.05, 4.69) is 22.6 Å². The van der Waals surface area contributed by atoms with Crippen LogP contribution >= 0.6 is 0 Å². The number of amides is 1. The Morgan fingerprint density at radius 2 is 1.97 bits per heavy atom. The molecule has 1 aliphatic heterocycles. The van der Waals surface area contributed by atoms with Crippen molar-refractivity contribution in [2.45, 2.75) is 57.7 Å². The maximum atomic E-state index is 13.0. The van der Waals surface area contributed by atoms with Crippen molar-refractivity contribution >= 4 is 16.8 Å². The Kier molecular flexibility index (Phi) is 8.35. The molecule has 3 aromatic rings. The van der Waals surface area contributed by atoms with E-state index in [-0.39, 0.29) is 12.5 Å². The van der Waals surface area contributed by atoms with Gasteiger partial charge in [-0.05, 0) is 49.8 Å². The summed E-state index contributed by atoms with van der Waals surface area (Å²) in [7, 11) is 0. The molecule has 2 N–H and O–H groups in total. The number of benzene rings is 1. The summed E-state index contributed by atoms with van der Waals surface area (Å²) >= 11 is 0. The Morgan fingerprint density at radius 1 is 1.12 bits per heavy atom. The van der Waals surface area contributed by atoms with E-state index in [1.54, 1.807) is 18.5 Å². The largest absolute Gasteiger partial charge is 0.396 e. The van der Waals surface area contributed by atoms with Crippen LogP contribution < -0.4 is 5.48 Å². The topological polar surface area (TPSA) is 93.6 Å². The van der Waals surface area contributed by atoms with Crippen molar-refractivity contribution in [3.8, 4) is 11.3 Å². The molecule has 1 aliphatic rings. The van der Waals surface area contributed by atoms with Crippen LogP contribution in [0.3, 0.4) is 0 Å². The lowest BCUT2D eigenvalue weighted by atomic mass is 10.0. The van der Waals surface area contributed by atoms with Gasteiger partial charge in [0.15, 0.2) is 6.29 Å². The zero-order valence-electron chi connectivity index (χ0n) is 18.8. The molecule has 7 heteroatoms. The van der Waals surface area contributed by atoms with Gasteiger partial charge >= 0.3 is 0 Å². The lowest BCUT2D eigenvalue weighted by molar-refractivity contribution is -0.186. The number of carbonyl (C=O) groups is 1. The van der Waals surface area contributed by atoms with Gasteiger partial charge in [-0.15, -0.1) is 0 Å². The number of fused-ring (bicyclic) bond motifs is 1. The molecule has 174 valence electrons. The molecule has 1 atom stereocenters. The number of unbranched alkanes of at least 4 members (excludes halogenated alkanes) is 3. The first-order valence-electron chi connectivity index (χ1n) is 11.8. The average molecular weight is 450 g/mol. The second kappa shape index (κ2) is 11.8. The minimum atomic E-state index is -0.412. The summed E-state index contributed by atoms with van der Waals surface area (Å²) in [4.78, 5) is 27.4. The van der Waals surface area contributed by atoms with Gasteiger partial charge in [-0.2, -0.15) is 0 Å². The van der Waals surface area contributed by atoms with Gasteiger partial charge in [-0.1, -0.05) is 37.1 Å². The Bertz CT molecular complexity index is 1050. The molecular weight excluding hydrogens is 418 g/mol. The predicted molar refractivity (Wildman–Crippen MR) is 126 cm³/mol. The molecule has 0 radical (unpaired) electrons. The molecule has 1 amide bonds. The van der Waals surface area contributed by atoms with Gasteiger partial charge in [0.2, 0.25) is 0 Å². The van der Waals surface area contributed by atoms with Gasteiger partial charge in [0.1, 0.15) is 0 Å². The highest BCUT2D eigenvalue weighted by Gasteiger charge is 2.19. The maximum absolute atomic E-state index is 13.0. The molecular formula is C26H31N3O4. The van der Waals surface area contributed by atoms with Crippen molar-refractivity contribution < 1.29 is 19.5 Å². The summed E-state index contributed by atoms with van der Waals surface area (Å²) in [5.74, 6) is -0.342. The summed E-state index contributed by atoms with van der Waals surface area (Å²) in [5.41, 5.74) is 6.66. The van der Waals surface area contributed by atoms with Crippen LogP contribution in [0.15, 0.2) is 48.8 Å². The highest BCUT2D eigenvalue weighted by atomic mass is 16.8. The first-order chi connectivity index (χ1) is 16.2. The number of aromatic nitrogens is 2. The average Bonchev–Trinajstić information content (AvgIpc) is 2.87. The molecule has 0 saturated carbocycles. The van der Waals surface area contributed by atoms with Crippen LogP contribution in [0.2, 0.25) is 0 Å². The van der Waals surface area contributed by atoms with E-state index in [0.717, 1.165) is 62.6 Å². The third kappa shape index (κ3) is 6.35. The number of hydrogen-bond donors (Lipinski definition) is 2. The number of ether oxygens (including phenoxy) is 1. The lowest BCUT2D eigenvalue weighted by Gasteiger charge is -2.22. The SMILES string of the molecule is O=C(NOC1CCCCO1)c1cc(-c2ccc(CCCCCCO)cc2)nc2ccncc12. The summed E-state index contributed by atoms with van der Waals surface area (Å²) in [5, 5.41) is 9.56. The van der Waals surface area contributed by atoms with Crippen molar-refractivity contribution in [2.24, 2.45) is 0 Å². The first-order valence-corrected chi connectivity index (χ1v) is 11.8. The van der Waals surface area contributed by atoms with E-state index in [9.17, 15) is 4.79 Å². The molecule has 0 aliphatic carbocycles. The molecule has 1 aromatic carbocycles. The fraction of sp³-hybridized carbons (Fsp3) is 0.423. The van der Waals surface area contributed by atoms with E-state index in [1.807, 2.05) is 18.2 Å². The number of nitrogens with one attached hydrogen (secondary N) is 1. The van der Waals surface area contributed by atoms with Crippen molar-refractivity contribution in [1.29, 1.82) is 0 Å². The standard InChI is InChI=1S/C26H31N3O4/c30-15-5-2-1-3-7-19-9-11-20(12-10-19)24-17-21(22-18-27-14-13-23(22)28-24)26(31)29-33-25-8-4-6-16-32-25/h9-14,17-18,25,30H,1-8,15-16H2,(H,29,31). The van der Waals surface area contributed by atoms with Crippen LogP contribution in [0.1, 0.15) is 60.9 Å². The first kappa shape index (κ1) is 23.3. The predicted octanol–water partition coefficient (Wildman–Crippen LogP) is 4.58. The van der Waals surface area contributed by atoms with Crippen LogP contribution in [0.25, 0.3) is 22.2 Å². The number of aliphatic hydroxyl groups excluding tert-OH is 1. The van der Waals surface area contributed by atoms with E-state index in [0.29, 0.717) is 23.1 Å². The molecule has 4 rings (SSSR count). The number of nitrogens with zero attached hydrogens (tertiary/aromatic N) is 2. The molecule has 33 heavy (non-hydrogen) atoms. The van der Waals surface area contributed by atoms with Crippen LogP contribution in [0.5, 0.6) is 0 Å². The molecule has 0 spiro atoms. The minimum absolute atomic E-state index is 0.268. The number of aryl methyl sites for hydroxylation is 1. The van der Waals surface area contributed by atoms with Gasteiger partial charge in [0.25, 0.3) is 5.91 Å². The molecule has 1 saturated heterocycles. The molecule has 2 aromatic heterocycles. The number of hydroxylamine groups is 1. The molecule has 7 nitrogen and oxygen atoms in total. The zero-order chi connectivity index (χ0) is 22.9. The molecule has 0 bridgehead atoms. The van der Waals surface area contributed by atoms with Crippen LogP contribution in [-0.2, 0) is 16.0 Å². The van der Waals surface area contributed by atoms with Crippen molar-refractivity contribution in [3.05, 3.63) is 59.9 Å². The quantitative estimate of drug-likeness (QED) is 0.348. The maximum Gasteiger partial charge on any atom is 0.275 e. The fourth-order valence-electron chi connectivity index (χ4n) is 4.02. The second-order valence-electron chi connectivity index (χ2n) is 8.38. The van der Waals surface area contributed by atoms with Gasteiger partial charge in [0.05, 0.1) is 16.8 Å². The van der Waals surface area contributed by atoms with Gasteiger partial charge in [-0.3, -0.25) is 9.78 Å². The van der Waals surface area contributed by atoms with Gasteiger partial charge in [0, 0.05) is 43.0 Å². The summed E-state index contributed by atoms with van der Waals surface area (Å²) in [6.45, 7) is 0.912. The summed E-state index contributed by atoms with van der Waals surface area (Å²) < 4.78 is 5.53. The van der Waals surface area contributed by atoms with E-state index < -0.39 is 6.29 Å². The molecule has 1 fully saturated rings. The number of aliphatic hydroxyl groups is 1. The Labute approximate surface area is 194 Å². The molecule has 1 unspecified atom stereocenters. The van der Waals surface area contributed by atoms with Crippen molar-refractivity contribution in [3.63, 3.8) is 0 Å². The van der Waals surface area contributed by atoms with E-state index in [4.69, 9.17) is 19.7 Å². The highest BCUT2D eigenvalue weighted by Crippen LogP contribution is 2.25. The second-order valence-corrected chi connectivity index (χ2v) is 8.38. The van der Waals surface area contributed by atoms with Gasteiger partial charge in [-0.25, -0.2) is 15.3 Å². The van der Waals surface area contributed by atoms with E-state index >= 15 is 0 Å². The normalized spacial score (nSPS) is 16.1.